The van der Waals surface area contributed by atoms with Crippen molar-refractivity contribution in [3.05, 3.63) is 41.0 Å². The minimum Gasteiger partial charge on any atom is -0.376 e. The SMILES string of the molecule is Cc1nonc1C(=O)NC(c1nc2ccc(C(NC(=O)CC3CC(F)(F)C3)C3CC3)cc2[nH]1)[C@@H]1CCOC(C)(C)C1. The Morgan fingerprint density at radius 1 is 1.07 bits per heavy atom. The first-order valence-corrected chi connectivity index (χ1v) is 14.4. The Kier molecular flexibility index (Phi) is 7.07. The van der Waals surface area contributed by atoms with E-state index in [0.29, 0.717) is 24.0 Å². The van der Waals surface area contributed by atoms with Crippen LogP contribution >= 0.6 is 0 Å². The third-order valence-corrected chi connectivity index (χ3v) is 8.60. The minimum absolute atomic E-state index is 0.0558. The maximum absolute atomic E-state index is 13.2. The number of alkyl halides is 2. The minimum atomic E-state index is -2.63. The molecule has 3 fully saturated rings. The van der Waals surface area contributed by atoms with Crippen LogP contribution in [-0.4, -0.2) is 50.2 Å². The van der Waals surface area contributed by atoms with Gasteiger partial charge in [-0.1, -0.05) is 11.2 Å². The summed E-state index contributed by atoms with van der Waals surface area (Å²) >= 11 is 0. The number of H-pyrrole nitrogens is 1. The number of aromatic nitrogens is 4. The summed E-state index contributed by atoms with van der Waals surface area (Å²) in [6.45, 7) is 6.31. The molecule has 0 bridgehead atoms. The van der Waals surface area contributed by atoms with Crippen LogP contribution in [0.5, 0.6) is 0 Å². The first-order chi connectivity index (χ1) is 19.5. The zero-order valence-electron chi connectivity index (χ0n) is 23.5. The van der Waals surface area contributed by atoms with Gasteiger partial charge < -0.3 is 20.4 Å². The second-order valence-corrected chi connectivity index (χ2v) is 12.6. The fourth-order valence-corrected chi connectivity index (χ4v) is 6.33. The second kappa shape index (κ2) is 10.5. The van der Waals surface area contributed by atoms with Crippen LogP contribution in [0.25, 0.3) is 11.0 Å². The van der Waals surface area contributed by atoms with Crippen molar-refractivity contribution in [1.29, 1.82) is 0 Å². The summed E-state index contributed by atoms with van der Waals surface area (Å²) in [6, 6.07) is 5.25. The molecule has 41 heavy (non-hydrogen) atoms. The number of nitrogens with zero attached hydrogens (tertiary/aromatic N) is 3. The average Bonchev–Trinajstić information content (AvgIpc) is 3.49. The average molecular weight is 571 g/mol. The van der Waals surface area contributed by atoms with Gasteiger partial charge in [-0.05, 0) is 87.1 Å². The number of hydrogen-bond acceptors (Lipinski definition) is 7. The smallest absolute Gasteiger partial charge is 0.276 e. The number of amides is 2. The van der Waals surface area contributed by atoms with E-state index < -0.39 is 12.0 Å². The Morgan fingerprint density at radius 3 is 2.51 bits per heavy atom. The van der Waals surface area contributed by atoms with Crippen molar-refractivity contribution in [1.82, 2.24) is 30.9 Å². The van der Waals surface area contributed by atoms with Crippen LogP contribution in [0.2, 0.25) is 0 Å². The third-order valence-electron chi connectivity index (χ3n) is 8.60. The van der Waals surface area contributed by atoms with Crippen molar-refractivity contribution in [2.75, 3.05) is 6.61 Å². The predicted molar refractivity (Wildman–Crippen MR) is 144 cm³/mol. The van der Waals surface area contributed by atoms with E-state index in [1.165, 1.54) is 0 Å². The summed E-state index contributed by atoms with van der Waals surface area (Å²) in [5.74, 6) is -2.47. The molecule has 3 heterocycles. The van der Waals surface area contributed by atoms with E-state index >= 15 is 0 Å². The molecule has 2 amide bonds. The maximum Gasteiger partial charge on any atom is 0.276 e. The van der Waals surface area contributed by atoms with Crippen LogP contribution in [0.3, 0.4) is 0 Å². The molecule has 2 aliphatic carbocycles. The standard InChI is InChI=1S/C29H36F2N6O4/c1-15-23(37-41-36-15)27(39)35-25(19-8-9-40-28(2,3)14-19)26-32-20-7-6-18(11-21(20)33-26)24(17-4-5-17)34-22(38)10-16-12-29(30,31)13-16/h6-7,11,16-17,19,24-25H,4-5,8-10,12-14H2,1-3H3,(H,32,33)(H,34,38)(H,35,39)/t19-,24?,25?/m1/s1. The molecule has 1 aromatic carbocycles. The number of ether oxygens (including phenoxy) is 1. The second-order valence-electron chi connectivity index (χ2n) is 12.6. The highest BCUT2D eigenvalue weighted by atomic mass is 19.3. The highest BCUT2D eigenvalue weighted by Gasteiger charge is 2.46. The van der Waals surface area contributed by atoms with Crippen LogP contribution in [-0.2, 0) is 9.53 Å². The molecule has 10 nitrogen and oxygen atoms in total. The van der Waals surface area contributed by atoms with Crippen LogP contribution in [0.1, 0.15) is 98.4 Å². The Labute approximate surface area is 236 Å². The van der Waals surface area contributed by atoms with E-state index in [0.717, 1.165) is 42.3 Å². The fraction of sp³-hybridized carbons (Fsp3) is 0.621. The molecular weight excluding hydrogens is 534 g/mol. The van der Waals surface area contributed by atoms with Gasteiger partial charge in [-0.3, -0.25) is 9.59 Å². The highest BCUT2D eigenvalue weighted by molar-refractivity contribution is 5.93. The molecule has 220 valence electrons. The van der Waals surface area contributed by atoms with Gasteiger partial charge in [0.25, 0.3) is 5.91 Å². The molecule has 12 heteroatoms. The molecule has 1 aliphatic heterocycles. The lowest BCUT2D eigenvalue weighted by Crippen LogP contribution is -2.42. The van der Waals surface area contributed by atoms with Crippen LogP contribution in [0.15, 0.2) is 22.8 Å². The van der Waals surface area contributed by atoms with Gasteiger partial charge in [-0.25, -0.2) is 18.4 Å². The Bertz CT molecular complexity index is 1440. The molecule has 3 N–H and O–H groups in total. The van der Waals surface area contributed by atoms with Crippen LogP contribution in [0.4, 0.5) is 8.78 Å². The topological polar surface area (TPSA) is 135 Å². The summed E-state index contributed by atoms with van der Waals surface area (Å²) in [7, 11) is 0. The van der Waals surface area contributed by atoms with E-state index in [1.54, 1.807) is 6.92 Å². The zero-order valence-corrected chi connectivity index (χ0v) is 23.5. The monoisotopic (exact) mass is 570 g/mol. The summed E-state index contributed by atoms with van der Waals surface area (Å²) in [6.07, 6.45) is 3.16. The number of aromatic amines is 1. The van der Waals surface area contributed by atoms with E-state index in [4.69, 9.17) is 14.3 Å². The van der Waals surface area contributed by atoms with Gasteiger partial charge in [0, 0.05) is 25.9 Å². The maximum atomic E-state index is 13.2. The van der Waals surface area contributed by atoms with Gasteiger partial charge in [0.15, 0.2) is 5.69 Å². The largest absolute Gasteiger partial charge is 0.376 e. The summed E-state index contributed by atoms with van der Waals surface area (Å²) in [4.78, 5) is 34.2. The van der Waals surface area contributed by atoms with Crippen molar-refractivity contribution < 1.29 is 27.7 Å². The van der Waals surface area contributed by atoms with Crippen molar-refractivity contribution in [3.8, 4) is 0 Å². The molecule has 3 atom stereocenters. The van der Waals surface area contributed by atoms with Crippen molar-refractivity contribution in [2.45, 2.75) is 89.3 Å². The molecule has 2 unspecified atom stereocenters. The number of carbonyl (C=O) groups is 2. The summed E-state index contributed by atoms with van der Waals surface area (Å²) in [5, 5.41) is 13.7. The number of halogens is 2. The number of benzene rings is 1. The number of fused-ring (bicyclic) bond motifs is 1. The highest BCUT2D eigenvalue weighted by Crippen LogP contribution is 2.45. The number of aryl methyl sites for hydroxylation is 1. The molecule has 0 spiro atoms. The Balaban J connectivity index is 1.24. The number of carbonyl (C=O) groups excluding carboxylic acids is 2. The fourth-order valence-electron chi connectivity index (χ4n) is 6.33. The van der Waals surface area contributed by atoms with Crippen molar-refractivity contribution in [2.24, 2.45) is 17.8 Å². The lowest BCUT2D eigenvalue weighted by atomic mass is 9.79. The normalized spacial score (nSPS) is 23.5. The first-order valence-electron chi connectivity index (χ1n) is 14.4. The van der Waals surface area contributed by atoms with Gasteiger partial charge in [-0.2, -0.15) is 0 Å². The van der Waals surface area contributed by atoms with E-state index in [1.807, 2.05) is 32.0 Å². The van der Waals surface area contributed by atoms with Gasteiger partial charge >= 0.3 is 0 Å². The molecular formula is C29H36F2N6O4. The number of nitrogens with one attached hydrogen (secondary N) is 3. The third kappa shape index (κ3) is 6.12. The molecule has 3 aromatic rings. The zero-order chi connectivity index (χ0) is 28.9. The molecule has 0 radical (unpaired) electrons. The summed E-state index contributed by atoms with van der Waals surface area (Å²) in [5.41, 5.74) is 2.67. The number of hydrogen-bond donors (Lipinski definition) is 3. The predicted octanol–water partition coefficient (Wildman–Crippen LogP) is 4.93. The lowest BCUT2D eigenvalue weighted by Gasteiger charge is -2.38. The van der Waals surface area contributed by atoms with Crippen molar-refractivity contribution >= 4 is 22.8 Å². The van der Waals surface area contributed by atoms with Crippen LogP contribution < -0.4 is 10.6 Å². The summed E-state index contributed by atoms with van der Waals surface area (Å²) < 4.78 is 37.2. The Morgan fingerprint density at radius 2 is 1.85 bits per heavy atom. The van der Waals surface area contributed by atoms with E-state index in [9.17, 15) is 18.4 Å². The van der Waals surface area contributed by atoms with E-state index in [2.05, 4.69) is 25.9 Å². The number of rotatable bonds is 9. The quantitative estimate of drug-likeness (QED) is 0.332. The lowest BCUT2D eigenvalue weighted by molar-refractivity contribution is -0.134. The van der Waals surface area contributed by atoms with Crippen LogP contribution in [0, 0.1) is 24.7 Å². The molecule has 3 aliphatic rings. The van der Waals surface area contributed by atoms with Crippen molar-refractivity contribution in [3.63, 3.8) is 0 Å². The molecule has 2 saturated carbocycles. The van der Waals surface area contributed by atoms with Gasteiger partial charge in [-0.15, -0.1) is 0 Å². The molecule has 1 saturated heterocycles. The molecule has 6 rings (SSSR count). The van der Waals surface area contributed by atoms with Gasteiger partial charge in [0.05, 0.1) is 28.7 Å². The first kappa shape index (κ1) is 27.7. The van der Waals surface area contributed by atoms with Gasteiger partial charge in [0.2, 0.25) is 11.8 Å². The Hall–Kier alpha value is -3.41. The van der Waals surface area contributed by atoms with E-state index in [-0.39, 0.29) is 60.2 Å². The molecule has 2 aromatic heterocycles. The number of imidazole rings is 1. The van der Waals surface area contributed by atoms with Gasteiger partial charge in [0.1, 0.15) is 11.5 Å².